The summed E-state index contributed by atoms with van der Waals surface area (Å²) >= 11 is 0. The molecule has 0 saturated heterocycles. The van der Waals surface area contributed by atoms with Gasteiger partial charge in [0.2, 0.25) is 0 Å². The molecule has 0 aliphatic heterocycles. The number of fused-ring (bicyclic) bond motifs is 1. The van der Waals surface area contributed by atoms with Gasteiger partial charge in [0.25, 0.3) is 0 Å². The lowest BCUT2D eigenvalue weighted by Crippen LogP contribution is -2.13. The zero-order chi connectivity index (χ0) is 21.3. The molecule has 0 unspecified atom stereocenters. The van der Waals surface area contributed by atoms with E-state index in [1.54, 1.807) is 6.07 Å². The number of hydrogen-bond donors (Lipinski definition) is 0. The molecule has 0 radical (unpaired) electrons. The highest BCUT2D eigenvalue weighted by Gasteiger charge is 2.23. The summed E-state index contributed by atoms with van der Waals surface area (Å²) in [4.78, 5) is 0. The Morgan fingerprint density at radius 2 is 1.60 bits per heavy atom. The SMILES string of the molecule is C=Cc1ccc2cc(-c3ccc(C4CCC(CCC)CC4)cc3)c(F)c(F)c2c1F. The fourth-order valence-corrected chi connectivity index (χ4v) is 4.89. The van der Waals surface area contributed by atoms with Crippen LogP contribution in [0.25, 0.3) is 28.0 Å². The van der Waals surface area contributed by atoms with Gasteiger partial charge in [0.1, 0.15) is 5.82 Å². The monoisotopic (exact) mass is 408 g/mol. The average molecular weight is 409 g/mol. The van der Waals surface area contributed by atoms with E-state index in [1.807, 2.05) is 24.3 Å². The molecule has 4 rings (SSSR count). The van der Waals surface area contributed by atoms with Crippen LogP contribution in [0.5, 0.6) is 0 Å². The molecule has 1 aliphatic rings. The van der Waals surface area contributed by atoms with E-state index in [4.69, 9.17) is 0 Å². The summed E-state index contributed by atoms with van der Waals surface area (Å²) in [6.07, 6.45) is 8.77. The highest BCUT2D eigenvalue weighted by Crippen LogP contribution is 2.39. The van der Waals surface area contributed by atoms with Crippen LogP contribution in [0.2, 0.25) is 0 Å². The minimum absolute atomic E-state index is 0.156. The molecule has 0 heterocycles. The van der Waals surface area contributed by atoms with E-state index in [9.17, 15) is 13.2 Å². The number of benzene rings is 3. The largest absolute Gasteiger partial charge is 0.206 e. The highest BCUT2D eigenvalue weighted by molar-refractivity contribution is 5.90. The fraction of sp³-hybridized carbons (Fsp3) is 0.333. The van der Waals surface area contributed by atoms with Crippen molar-refractivity contribution in [3.8, 4) is 11.1 Å². The molecule has 156 valence electrons. The van der Waals surface area contributed by atoms with Gasteiger partial charge in [0.15, 0.2) is 11.6 Å². The number of halogens is 3. The van der Waals surface area contributed by atoms with Gasteiger partial charge in [0, 0.05) is 11.1 Å². The Balaban J connectivity index is 1.63. The predicted molar refractivity (Wildman–Crippen MR) is 119 cm³/mol. The molecule has 1 aliphatic carbocycles. The van der Waals surface area contributed by atoms with Gasteiger partial charge in [-0.2, -0.15) is 0 Å². The second-order valence-corrected chi connectivity index (χ2v) is 8.45. The first-order chi connectivity index (χ1) is 14.5. The summed E-state index contributed by atoms with van der Waals surface area (Å²) in [5, 5.41) is 0.0134. The Bertz CT molecular complexity index is 1060. The molecule has 0 amide bonds. The number of hydrogen-bond acceptors (Lipinski definition) is 0. The maximum absolute atomic E-state index is 14.8. The van der Waals surface area contributed by atoms with Crippen molar-refractivity contribution in [2.45, 2.75) is 51.4 Å². The summed E-state index contributed by atoms with van der Waals surface area (Å²) in [7, 11) is 0. The summed E-state index contributed by atoms with van der Waals surface area (Å²) in [6.45, 7) is 5.76. The van der Waals surface area contributed by atoms with Crippen LogP contribution >= 0.6 is 0 Å². The standard InChI is InChI=1S/C27H27F3/c1-3-5-17-6-8-19(9-7-17)20-11-13-21(14-12-20)23-16-22-15-10-18(4-2)25(28)24(22)27(30)26(23)29/h4,10-17,19H,2-3,5-9H2,1H3. The van der Waals surface area contributed by atoms with E-state index in [-0.39, 0.29) is 16.5 Å². The quantitative estimate of drug-likeness (QED) is 0.396. The molecule has 0 bridgehead atoms. The van der Waals surface area contributed by atoms with Crippen molar-refractivity contribution in [2.24, 2.45) is 5.92 Å². The minimum Gasteiger partial charge on any atom is -0.206 e. The molecule has 3 heteroatoms. The van der Waals surface area contributed by atoms with Gasteiger partial charge in [-0.25, -0.2) is 13.2 Å². The third-order valence-electron chi connectivity index (χ3n) is 6.61. The lowest BCUT2D eigenvalue weighted by atomic mass is 9.77. The van der Waals surface area contributed by atoms with Crippen molar-refractivity contribution in [1.82, 2.24) is 0 Å². The van der Waals surface area contributed by atoms with Crippen molar-refractivity contribution < 1.29 is 13.2 Å². The molecule has 0 N–H and O–H groups in total. The van der Waals surface area contributed by atoms with Crippen LogP contribution in [0.1, 0.15) is 62.5 Å². The highest BCUT2D eigenvalue weighted by atomic mass is 19.2. The Morgan fingerprint density at radius 1 is 0.900 bits per heavy atom. The molecule has 1 fully saturated rings. The average Bonchev–Trinajstić information content (AvgIpc) is 2.77. The first kappa shape index (κ1) is 20.7. The molecule has 3 aromatic carbocycles. The smallest absolute Gasteiger partial charge is 0.170 e. The molecular weight excluding hydrogens is 381 g/mol. The molecule has 0 nitrogen and oxygen atoms in total. The molecule has 0 atom stereocenters. The summed E-state index contributed by atoms with van der Waals surface area (Å²) < 4.78 is 44.1. The van der Waals surface area contributed by atoms with Crippen LogP contribution in [-0.4, -0.2) is 0 Å². The van der Waals surface area contributed by atoms with E-state index >= 15 is 0 Å². The molecule has 30 heavy (non-hydrogen) atoms. The van der Waals surface area contributed by atoms with Crippen molar-refractivity contribution >= 4 is 16.8 Å². The van der Waals surface area contributed by atoms with E-state index < -0.39 is 17.5 Å². The third-order valence-corrected chi connectivity index (χ3v) is 6.61. The van der Waals surface area contributed by atoms with Crippen LogP contribution in [0.15, 0.2) is 49.0 Å². The van der Waals surface area contributed by atoms with E-state index in [1.165, 1.54) is 62.3 Å². The second kappa shape index (κ2) is 8.67. The lowest BCUT2D eigenvalue weighted by Gasteiger charge is -2.28. The van der Waals surface area contributed by atoms with Crippen LogP contribution in [0.3, 0.4) is 0 Å². The van der Waals surface area contributed by atoms with Crippen LogP contribution < -0.4 is 0 Å². The van der Waals surface area contributed by atoms with Crippen LogP contribution in [0.4, 0.5) is 13.2 Å². The molecule has 1 saturated carbocycles. The first-order valence-corrected chi connectivity index (χ1v) is 10.9. The third kappa shape index (κ3) is 3.78. The van der Waals surface area contributed by atoms with Crippen molar-refractivity contribution in [1.29, 1.82) is 0 Å². The molecule has 3 aromatic rings. The van der Waals surface area contributed by atoms with Gasteiger partial charge in [0.05, 0.1) is 5.39 Å². The van der Waals surface area contributed by atoms with E-state index in [0.717, 1.165) is 5.92 Å². The minimum atomic E-state index is -1.15. The molecule has 0 spiro atoms. The van der Waals surface area contributed by atoms with Crippen molar-refractivity contribution in [2.75, 3.05) is 0 Å². The maximum Gasteiger partial charge on any atom is 0.170 e. The second-order valence-electron chi connectivity index (χ2n) is 8.45. The lowest BCUT2D eigenvalue weighted by molar-refractivity contribution is 0.308. The van der Waals surface area contributed by atoms with Gasteiger partial charge in [-0.05, 0) is 60.1 Å². The van der Waals surface area contributed by atoms with Gasteiger partial charge in [-0.1, -0.05) is 68.8 Å². The molecule has 0 aromatic heterocycles. The number of rotatable bonds is 5. The zero-order valence-corrected chi connectivity index (χ0v) is 17.4. The fourth-order valence-electron chi connectivity index (χ4n) is 4.89. The predicted octanol–water partition coefficient (Wildman–Crippen LogP) is 8.64. The van der Waals surface area contributed by atoms with Gasteiger partial charge in [-0.15, -0.1) is 0 Å². The van der Waals surface area contributed by atoms with Gasteiger partial charge < -0.3 is 0 Å². The zero-order valence-electron chi connectivity index (χ0n) is 17.4. The normalized spacial score (nSPS) is 19.2. The Hall–Kier alpha value is -2.55. The van der Waals surface area contributed by atoms with Crippen LogP contribution in [0, 0.1) is 23.4 Å². The van der Waals surface area contributed by atoms with Gasteiger partial charge in [-0.3, -0.25) is 0 Å². The van der Waals surface area contributed by atoms with Crippen molar-refractivity contribution in [3.63, 3.8) is 0 Å². The summed E-state index contributed by atoms with van der Waals surface area (Å²) in [6, 6.07) is 12.4. The van der Waals surface area contributed by atoms with E-state index in [0.29, 0.717) is 16.9 Å². The van der Waals surface area contributed by atoms with E-state index in [2.05, 4.69) is 13.5 Å². The molecular formula is C27H27F3. The Kier molecular flexibility index (Phi) is 5.99. The summed E-state index contributed by atoms with van der Waals surface area (Å²) in [5.41, 5.74) is 2.18. The van der Waals surface area contributed by atoms with Crippen molar-refractivity contribution in [3.05, 3.63) is 77.6 Å². The maximum atomic E-state index is 14.8. The summed E-state index contributed by atoms with van der Waals surface area (Å²) in [5.74, 6) is -1.56. The first-order valence-electron chi connectivity index (χ1n) is 10.9. The van der Waals surface area contributed by atoms with Crippen LogP contribution in [-0.2, 0) is 0 Å². The Labute approximate surface area is 176 Å². The van der Waals surface area contributed by atoms with Gasteiger partial charge >= 0.3 is 0 Å². The Morgan fingerprint density at radius 3 is 2.23 bits per heavy atom. The topological polar surface area (TPSA) is 0 Å².